The number of anilines is 3. The first-order chi connectivity index (χ1) is 13.4. The normalized spacial score (nSPS) is 13.8. The van der Waals surface area contributed by atoms with E-state index in [-0.39, 0.29) is 14.9 Å². The number of fused-ring (bicyclic) bond motifs is 1. The van der Waals surface area contributed by atoms with Crippen LogP contribution in [0.2, 0.25) is 10.0 Å². The van der Waals surface area contributed by atoms with Crippen LogP contribution in [0.4, 0.5) is 17.3 Å². The molecule has 1 aromatic heterocycles. The molecular weight excluding hydrogens is 423 g/mol. The summed E-state index contributed by atoms with van der Waals surface area (Å²) in [5.41, 5.74) is 1.75. The van der Waals surface area contributed by atoms with Crippen LogP contribution in [0.3, 0.4) is 0 Å². The Morgan fingerprint density at radius 3 is 2.61 bits per heavy atom. The molecule has 2 aromatic carbocycles. The van der Waals surface area contributed by atoms with E-state index in [4.69, 9.17) is 33.0 Å². The minimum atomic E-state index is -3.89. The maximum atomic E-state index is 12.6. The number of amidine groups is 1. The standard InChI is InChI=1S/C18H14Cl2N4O3S/c19-14-2-1-3-15(16(14)20)28(25,26)23-11-4-6-12(7-5-11)24-10-22-18-13(17(24)21)8-9-27-18/h1-9,21-23H,10H2. The first kappa shape index (κ1) is 18.7. The zero-order valence-corrected chi connectivity index (χ0v) is 16.6. The van der Waals surface area contributed by atoms with E-state index in [0.717, 1.165) is 5.69 Å². The lowest BCUT2D eigenvalue weighted by Crippen LogP contribution is -2.39. The lowest BCUT2D eigenvalue weighted by atomic mass is 10.2. The molecule has 0 saturated heterocycles. The van der Waals surface area contributed by atoms with Crippen molar-refractivity contribution in [2.24, 2.45) is 0 Å². The molecule has 0 fully saturated rings. The maximum Gasteiger partial charge on any atom is 0.263 e. The van der Waals surface area contributed by atoms with Crippen molar-refractivity contribution in [1.82, 2.24) is 0 Å². The van der Waals surface area contributed by atoms with E-state index in [2.05, 4.69) is 10.0 Å². The lowest BCUT2D eigenvalue weighted by Gasteiger charge is -2.29. The second kappa shape index (κ2) is 7.05. The molecule has 28 heavy (non-hydrogen) atoms. The molecule has 0 spiro atoms. The predicted molar refractivity (Wildman–Crippen MR) is 110 cm³/mol. The molecule has 0 saturated carbocycles. The van der Waals surface area contributed by atoms with Crippen molar-refractivity contribution in [2.45, 2.75) is 4.90 Å². The molecule has 0 atom stereocenters. The van der Waals surface area contributed by atoms with Gasteiger partial charge in [0.2, 0.25) is 5.88 Å². The molecule has 144 valence electrons. The van der Waals surface area contributed by atoms with Crippen LogP contribution in [-0.2, 0) is 10.0 Å². The Kier molecular flexibility index (Phi) is 4.70. The second-order valence-electron chi connectivity index (χ2n) is 5.98. The zero-order valence-electron chi connectivity index (χ0n) is 14.2. The Morgan fingerprint density at radius 1 is 1.11 bits per heavy atom. The predicted octanol–water partition coefficient (Wildman–Crippen LogP) is 4.60. The summed E-state index contributed by atoms with van der Waals surface area (Å²) in [6, 6.07) is 12.8. The highest BCUT2D eigenvalue weighted by Crippen LogP contribution is 2.31. The molecule has 2 heterocycles. The second-order valence-corrected chi connectivity index (χ2v) is 8.42. The molecule has 7 nitrogen and oxygen atoms in total. The SMILES string of the molecule is N=C1c2ccoc2NCN1c1ccc(NS(=O)(=O)c2cccc(Cl)c2Cl)cc1. The van der Waals surface area contributed by atoms with Crippen molar-refractivity contribution >= 4 is 56.3 Å². The van der Waals surface area contributed by atoms with Gasteiger partial charge in [-0.3, -0.25) is 10.1 Å². The van der Waals surface area contributed by atoms with Crippen LogP contribution in [0, 0.1) is 5.41 Å². The monoisotopic (exact) mass is 436 g/mol. The van der Waals surface area contributed by atoms with Gasteiger partial charge in [0.25, 0.3) is 10.0 Å². The number of hydrogen-bond donors (Lipinski definition) is 3. The lowest BCUT2D eigenvalue weighted by molar-refractivity contribution is 0.577. The summed E-state index contributed by atoms with van der Waals surface area (Å²) < 4.78 is 33.0. The van der Waals surface area contributed by atoms with Crippen LogP contribution >= 0.6 is 23.2 Å². The minimum absolute atomic E-state index is 0.0305. The van der Waals surface area contributed by atoms with E-state index in [1.165, 1.54) is 24.5 Å². The van der Waals surface area contributed by atoms with Crippen LogP contribution in [-0.4, -0.2) is 20.9 Å². The Labute approximate surface area is 171 Å². The van der Waals surface area contributed by atoms with E-state index in [1.54, 1.807) is 35.2 Å². The van der Waals surface area contributed by atoms with Crippen LogP contribution in [0.1, 0.15) is 5.56 Å². The Hall–Kier alpha value is -2.68. The average molecular weight is 437 g/mol. The summed E-state index contributed by atoms with van der Waals surface area (Å²) in [6.07, 6.45) is 1.52. The number of halogens is 2. The largest absolute Gasteiger partial charge is 0.448 e. The molecule has 1 aliphatic rings. The highest BCUT2D eigenvalue weighted by atomic mass is 35.5. The van der Waals surface area contributed by atoms with Gasteiger partial charge in [0.05, 0.1) is 28.5 Å². The van der Waals surface area contributed by atoms with Crippen LogP contribution in [0.5, 0.6) is 0 Å². The van der Waals surface area contributed by atoms with Gasteiger partial charge in [0.15, 0.2) is 0 Å². The summed E-state index contributed by atoms with van der Waals surface area (Å²) in [4.78, 5) is 1.64. The smallest absolute Gasteiger partial charge is 0.263 e. The molecule has 0 radical (unpaired) electrons. The summed E-state index contributed by atoms with van der Waals surface area (Å²) >= 11 is 11.9. The van der Waals surface area contributed by atoms with Crippen molar-refractivity contribution < 1.29 is 12.8 Å². The molecule has 1 aliphatic heterocycles. The maximum absolute atomic E-state index is 12.6. The third kappa shape index (κ3) is 3.30. The number of hydrogen-bond acceptors (Lipinski definition) is 5. The summed E-state index contributed by atoms with van der Waals surface area (Å²) in [5.74, 6) is 0.852. The summed E-state index contributed by atoms with van der Waals surface area (Å²) in [7, 11) is -3.89. The van der Waals surface area contributed by atoms with E-state index >= 15 is 0 Å². The fourth-order valence-electron chi connectivity index (χ4n) is 2.84. The fourth-order valence-corrected chi connectivity index (χ4v) is 4.66. The van der Waals surface area contributed by atoms with Gasteiger partial charge in [-0.25, -0.2) is 8.42 Å². The Bertz CT molecular complexity index is 1160. The van der Waals surface area contributed by atoms with Gasteiger partial charge in [-0.1, -0.05) is 29.3 Å². The van der Waals surface area contributed by atoms with E-state index in [0.29, 0.717) is 29.6 Å². The van der Waals surface area contributed by atoms with Crippen molar-refractivity contribution in [3.8, 4) is 0 Å². The molecule has 0 bridgehead atoms. The van der Waals surface area contributed by atoms with Gasteiger partial charge in [-0.2, -0.15) is 0 Å². The highest BCUT2D eigenvalue weighted by molar-refractivity contribution is 7.92. The van der Waals surface area contributed by atoms with Gasteiger partial charge in [0, 0.05) is 11.4 Å². The Morgan fingerprint density at radius 2 is 1.86 bits per heavy atom. The number of rotatable bonds is 4. The molecule has 3 aromatic rings. The summed E-state index contributed by atoms with van der Waals surface area (Å²) in [5, 5.41) is 11.5. The first-order valence-electron chi connectivity index (χ1n) is 8.11. The fraction of sp³-hybridized carbons (Fsp3) is 0.0556. The van der Waals surface area contributed by atoms with Crippen LogP contribution in [0.15, 0.2) is 64.1 Å². The Balaban J connectivity index is 1.56. The van der Waals surface area contributed by atoms with Crippen molar-refractivity contribution in [1.29, 1.82) is 5.41 Å². The number of nitrogens with zero attached hydrogens (tertiary/aromatic N) is 1. The first-order valence-corrected chi connectivity index (χ1v) is 10.4. The minimum Gasteiger partial charge on any atom is -0.448 e. The van der Waals surface area contributed by atoms with Crippen molar-refractivity contribution in [3.05, 3.63) is 70.4 Å². The van der Waals surface area contributed by atoms with Crippen molar-refractivity contribution in [2.75, 3.05) is 21.6 Å². The number of benzene rings is 2. The molecule has 0 aliphatic carbocycles. The average Bonchev–Trinajstić information content (AvgIpc) is 3.14. The van der Waals surface area contributed by atoms with Crippen LogP contribution < -0.4 is 14.9 Å². The quantitative estimate of drug-likeness (QED) is 0.554. The van der Waals surface area contributed by atoms with E-state index in [9.17, 15) is 8.42 Å². The molecule has 0 unspecified atom stereocenters. The van der Waals surface area contributed by atoms with E-state index in [1.807, 2.05) is 0 Å². The highest BCUT2D eigenvalue weighted by Gasteiger charge is 2.24. The van der Waals surface area contributed by atoms with Crippen LogP contribution in [0.25, 0.3) is 0 Å². The van der Waals surface area contributed by atoms with Gasteiger partial charge in [-0.05, 0) is 42.5 Å². The van der Waals surface area contributed by atoms with Gasteiger partial charge in [-0.15, -0.1) is 0 Å². The zero-order chi connectivity index (χ0) is 19.9. The molecule has 3 N–H and O–H groups in total. The third-order valence-electron chi connectivity index (χ3n) is 4.22. The molecule has 10 heteroatoms. The third-order valence-corrected chi connectivity index (χ3v) is 6.58. The van der Waals surface area contributed by atoms with Gasteiger partial charge >= 0.3 is 0 Å². The summed E-state index contributed by atoms with van der Waals surface area (Å²) in [6.45, 7) is 0.364. The van der Waals surface area contributed by atoms with Gasteiger partial charge < -0.3 is 14.6 Å². The number of sulfonamides is 1. The topological polar surface area (TPSA) is 98.4 Å². The van der Waals surface area contributed by atoms with E-state index < -0.39 is 10.0 Å². The van der Waals surface area contributed by atoms with Gasteiger partial charge in [0.1, 0.15) is 10.7 Å². The molecular formula is C18H14Cl2N4O3S. The number of furan rings is 1. The molecule has 0 amide bonds. The molecule has 4 rings (SSSR count). The number of nitrogens with one attached hydrogen (secondary N) is 3. The van der Waals surface area contributed by atoms with Crippen molar-refractivity contribution in [3.63, 3.8) is 0 Å².